The van der Waals surface area contributed by atoms with E-state index in [-0.39, 0.29) is 11.9 Å². The minimum Gasteiger partial charge on any atom is -0.451 e. The number of halogens is 1. The molecule has 0 aliphatic carbocycles. The molecule has 0 bridgehead atoms. The summed E-state index contributed by atoms with van der Waals surface area (Å²) in [6.45, 7) is 4.38. The van der Waals surface area contributed by atoms with Gasteiger partial charge in [0.1, 0.15) is 5.58 Å². The monoisotopic (exact) mass is 278 g/mol. The Balaban J connectivity index is 1.92. The van der Waals surface area contributed by atoms with Crippen molar-refractivity contribution in [3.05, 3.63) is 35.0 Å². The first-order chi connectivity index (χ1) is 9.15. The number of carbonyl (C=O) groups is 1. The Morgan fingerprint density at radius 2 is 2.32 bits per heavy atom. The molecule has 1 N–H and O–H groups in total. The summed E-state index contributed by atoms with van der Waals surface area (Å²) in [4.78, 5) is 14.3. The van der Waals surface area contributed by atoms with Crippen LogP contribution in [0.1, 0.15) is 17.5 Å². The van der Waals surface area contributed by atoms with E-state index < -0.39 is 0 Å². The highest BCUT2D eigenvalue weighted by Gasteiger charge is 2.26. The first-order valence-electron chi connectivity index (χ1n) is 6.36. The van der Waals surface area contributed by atoms with Gasteiger partial charge in [-0.2, -0.15) is 0 Å². The van der Waals surface area contributed by atoms with Gasteiger partial charge in [0.15, 0.2) is 5.76 Å². The van der Waals surface area contributed by atoms with Crippen LogP contribution in [0.2, 0.25) is 5.02 Å². The van der Waals surface area contributed by atoms with Crippen molar-refractivity contribution in [3.63, 3.8) is 0 Å². The van der Waals surface area contributed by atoms with Crippen molar-refractivity contribution in [1.29, 1.82) is 0 Å². The van der Waals surface area contributed by atoms with Crippen molar-refractivity contribution >= 4 is 28.5 Å². The zero-order chi connectivity index (χ0) is 13.4. The Kier molecular flexibility index (Phi) is 3.21. The minimum absolute atomic E-state index is 0.0543. The quantitative estimate of drug-likeness (QED) is 0.872. The maximum atomic E-state index is 12.4. The van der Waals surface area contributed by atoms with E-state index in [4.69, 9.17) is 16.0 Å². The lowest BCUT2D eigenvalue weighted by molar-refractivity contribution is 0.0625. The minimum atomic E-state index is -0.0543. The third-order valence-corrected chi connectivity index (χ3v) is 3.69. The van der Waals surface area contributed by atoms with Crippen LogP contribution in [0.5, 0.6) is 0 Å². The van der Waals surface area contributed by atoms with Gasteiger partial charge in [0.05, 0.1) is 0 Å². The molecule has 0 spiro atoms. The standard InChI is InChI=1S/C14H15ClN2O2/c1-9-8-16-4-5-17(9)14(18)13-7-10-6-11(15)2-3-12(10)19-13/h2-3,6-7,9,16H,4-5,8H2,1H3/t9-/m0/s1. The molecule has 1 saturated heterocycles. The van der Waals surface area contributed by atoms with Gasteiger partial charge in [0.2, 0.25) is 0 Å². The third-order valence-electron chi connectivity index (χ3n) is 3.45. The van der Waals surface area contributed by atoms with Gasteiger partial charge in [-0.05, 0) is 31.2 Å². The van der Waals surface area contributed by atoms with Gasteiger partial charge in [-0.3, -0.25) is 4.79 Å². The fourth-order valence-corrected chi connectivity index (χ4v) is 2.58. The predicted molar refractivity (Wildman–Crippen MR) is 74.6 cm³/mol. The molecule has 4 nitrogen and oxygen atoms in total. The molecule has 1 fully saturated rings. The van der Waals surface area contributed by atoms with Crippen LogP contribution in [0.3, 0.4) is 0 Å². The zero-order valence-electron chi connectivity index (χ0n) is 10.6. The largest absolute Gasteiger partial charge is 0.451 e. The first-order valence-corrected chi connectivity index (χ1v) is 6.74. The Morgan fingerprint density at radius 1 is 1.47 bits per heavy atom. The van der Waals surface area contributed by atoms with Crippen LogP contribution in [0.4, 0.5) is 0 Å². The number of furan rings is 1. The fourth-order valence-electron chi connectivity index (χ4n) is 2.40. The molecule has 1 aliphatic heterocycles. The average molecular weight is 279 g/mol. The molecule has 5 heteroatoms. The molecule has 2 heterocycles. The lowest BCUT2D eigenvalue weighted by Gasteiger charge is -2.33. The van der Waals surface area contributed by atoms with Gasteiger partial charge in [-0.1, -0.05) is 11.6 Å². The highest BCUT2D eigenvalue weighted by atomic mass is 35.5. The number of piperazine rings is 1. The van der Waals surface area contributed by atoms with E-state index in [1.807, 2.05) is 11.8 Å². The lowest BCUT2D eigenvalue weighted by Crippen LogP contribution is -2.52. The van der Waals surface area contributed by atoms with E-state index in [1.165, 1.54) is 0 Å². The Bertz CT molecular complexity index is 623. The summed E-state index contributed by atoms with van der Waals surface area (Å²) in [5, 5.41) is 4.76. The van der Waals surface area contributed by atoms with E-state index in [1.54, 1.807) is 24.3 Å². The molecule has 1 amide bonds. The van der Waals surface area contributed by atoms with Crippen LogP contribution in [-0.2, 0) is 0 Å². The Hall–Kier alpha value is -1.52. The molecule has 19 heavy (non-hydrogen) atoms. The van der Waals surface area contributed by atoms with Gasteiger partial charge in [-0.25, -0.2) is 0 Å². The Morgan fingerprint density at radius 3 is 3.11 bits per heavy atom. The van der Waals surface area contributed by atoms with Gasteiger partial charge in [0, 0.05) is 36.1 Å². The maximum absolute atomic E-state index is 12.4. The molecule has 0 unspecified atom stereocenters. The second-order valence-corrected chi connectivity index (χ2v) is 5.28. The number of amides is 1. The van der Waals surface area contributed by atoms with Crippen molar-refractivity contribution in [2.45, 2.75) is 13.0 Å². The summed E-state index contributed by atoms with van der Waals surface area (Å²) in [5.74, 6) is 0.326. The number of nitrogens with zero attached hydrogens (tertiary/aromatic N) is 1. The van der Waals surface area contributed by atoms with Gasteiger partial charge in [0.25, 0.3) is 5.91 Å². The van der Waals surface area contributed by atoms with Crippen LogP contribution < -0.4 is 5.32 Å². The Labute approximate surface area is 116 Å². The molecule has 100 valence electrons. The molecule has 1 aromatic heterocycles. The molecule has 3 rings (SSSR count). The van der Waals surface area contributed by atoms with Crippen LogP contribution in [0.15, 0.2) is 28.7 Å². The summed E-state index contributed by atoms with van der Waals surface area (Å²) in [5.41, 5.74) is 0.690. The number of fused-ring (bicyclic) bond motifs is 1. The smallest absolute Gasteiger partial charge is 0.289 e. The lowest BCUT2D eigenvalue weighted by atomic mass is 10.2. The molecule has 1 aliphatic rings. The van der Waals surface area contributed by atoms with E-state index in [2.05, 4.69) is 5.32 Å². The van der Waals surface area contributed by atoms with E-state index in [0.717, 1.165) is 18.5 Å². The SMILES string of the molecule is C[C@H]1CNCCN1C(=O)c1cc2cc(Cl)ccc2o1. The van der Waals surface area contributed by atoms with Crippen molar-refractivity contribution in [2.24, 2.45) is 0 Å². The molecular weight excluding hydrogens is 264 g/mol. The maximum Gasteiger partial charge on any atom is 0.289 e. The van der Waals surface area contributed by atoms with Gasteiger partial charge in [-0.15, -0.1) is 0 Å². The number of carbonyl (C=O) groups excluding carboxylic acids is 1. The second-order valence-electron chi connectivity index (χ2n) is 4.84. The molecule has 0 radical (unpaired) electrons. The van der Waals surface area contributed by atoms with Crippen LogP contribution in [0.25, 0.3) is 11.0 Å². The number of nitrogens with one attached hydrogen (secondary N) is 1. The number of benzene rings is 1. The number of hydrogen-bond donors (Lipinski definition) is 1. The zero-order valence-corrected chi connectivity index (χ0v) is 11.4. The average Bonchev–Trinajstić information content (AvgIpc) is 2.81. The third kappa shape index (κ3) is 2.33. The molecule has 1 aromatic carbocycles. The van der Waals surface area contributed by atoms with E-state index in [9.17, 15) is 4.79 Å². The van der Waals surface area contributed by atoms with E-state index in [0.29, 0.717) is 22.9 Å². The van der Waals surface area contributed by atoms with Crippen molar-refractivity contribution < 1.29 is 9.21 Å². The van der Waals surface area contributed by atoms with Crippen LogP contribution in [0, 0.1) is 0 Å². The number of hydrogen-bond acceptors (Lipinski definition) is 3. The van der Waals surface area contributed by atoms with Crippen molar-refractivity contribution in [1.82, 2.24) is 10.2 Å². The molecule has 2 aromatic rings. The van der Waals surface area contributed by atoms with Crippen LogP contribution in [-0.4, -0.2) is 36.5 Å². The van der Waals surface area contributed by atoms with Crippen LogP contribution >= 0.6 is 11.6 Å². The molecule has 1 atom stereocenters. The highest BCUT2D eigenvalue weighted by Crippen LogP contribution is 2.24. The second kappa shape index (κ2) is 4.87. The molecular formula is C14H15ClN2O2. The topological polar surface area (TPSA) is 45.5 Å². The summed E-state index contributed by atoms with van der Waals surface area (Å²) in [6.07, 6.45) is 0. The summed E-state index contributed by atoms with van der Waals surface area (Å²) in [7, 11) is 0. The van der Waals surface area contributed by atoms with Gasteiger partial charge >= 0.3 is 0 Å². The van der Waals surface area contributed by atoms with Crippen molar-refractivity contribution in [3.8, 4) is 0 Å². The fraction of sp³-hybridized carbons (Fsp3) is 0.357. The van der Waals surface area contributed by atoms with Gasteiger partial charge < -0.3 is 14.6 Å². The van der Waals surface area contributed by atoms with Crippen molar-refractivity contribution in [2.75, 3.05) is 19.6 Å². The number of rotatable bonds is 1. The first kappa shape index (κ1) is 12.5. The summed E-state index contributed by atoms with van der Waals surface area (Å²) < 4.78 is 5.62. The summed E-state index contributed by atoms with van der Waals surface area (Å²) >= 11 is 5.93. The summed E-state index contributed by atoms with van der Waals surface area (Å²) in [6, 6.07) is 7.29. The predicted octanol–water partition coefficient (Wildman–Crippen LogP) is 2.52. The normalized spacial score (nSPS) is 19.9. The van der Waals surface area contributed by atoms with E-state index >= 15 is 0 Å². The highest BCUT2D eigenvalue weighted by molar-refractivity contribution is 6.31. The molecule has 0 saturated carbocycles.